The third kappa shape index (κ3) is 3.59. The first-order valence-electron chi connectivity index (χ1n) is 9.06. The minimum Gasteiger partial charge on any atom is -0.465 e. The Kier molecular flexibility index (Phi) is 4.74. The molecule has 0 N–H and O–H groups in total. The van der Waals surface area contributed by atoms with Crippen molar-refractivity contribution in [3.63, 3.8) is 0 Å². The van der Waals surface area contributed by atoms with Crippen LogP contribution in [0.2, 0.25) is 0 Å². The average molecular weight is 319 g/mol. The van der Waals surface area contributed by atoms with Gasteiger partial charge in [-0.1, -0.05) is 19.1 Å². The SMILES string of the molecule is CC(C)CC(=O)OCC1[C@H]2CCc3nnn(C(C)C)c3CC[C@@H]12. The number of ether oxygens (including phenoxy) is 1. The molecule has 5 nitrogen and oxygen atoms in total. The summed E-state index contributed by atoms with van der Waals surface area (Å²) in [5.74, 6) is 2.31. The van der Waals surface area contributed by atoms with E-state index in [9.17, 15) is 4.79 Å². The van der Waals surface area contributed by atoms with Crippen molar-refractivity contribution >= 4 is 5.97 Å². The molecule has 0 spiro atoms. The van der Waals surface area contributed by atoms with Crippen LogP contribution in [-0.2, 0) is 22.4 Å². The Balaban J connectivity index is 1.55. The summed E-state index contributed by atoms with van der Waals surface area (Å²) < 4.78 is 7.58. The number of carbonyl (C=O) groups excluding carboxylic acids is 1. The molecule has 0 bridgehead atoms. The summed E-state index contributed by atoms with van der Waals surface area (Å²) in [6, 6.07) is 0.369. The molecule has 1 aromatic rings. The summed E-state index contributed by atoms with van der Waals surface area (Å²) in [5.41, 5.74) is 2.50. The lowest BCUT2D eigenvalue weighted by Crippen LogP contribution is -2.11. The van der Waals surface area contributed by atoms with Crippen LogP contribution in [0.5, 0.6) is 0 Å². The highest BCUT2D eigenvalue weighted by molar-refractivity contribution is 5.69. The molecule has 5 heteroatoms. The fourth-order valence-electron chi connectivity index (χ4n) is 4.03. The Morgan fingerprint density at radius 2 is 1.91 bits per heavy atom. The van der Waals surface area contributed by atoms with Crippen LogP contribution in [0.15, 0.2) is 0 Å². The van der Waals surface area contributed by atoms with Gasteiger partial charge < -0.3 is 4.74 Å². The van der Waals surface area contributed by atoms with Gasteiger partial charge in [-0.2, -0.15) is 0 Å². The summed E-state index contributed by atoms with van der Waals surface area (Å²) in [4.78, 5) is 11.7. The van der Waals surface area contributed by atoms with Crippen molar-refractivity contribution in [3.05, 3.63) is 11.4 Å². The van der Waals surface area contributed by atoms with Gasteiger partial charge in [0.25, 0.3) is 0 Å². The van der Waals surface area contributed by atoms with Crippen LogP contribution in [0.25, 0.3) is 0 Å². The number of hydrogen-bond donors (Lipinski definition) is 0. The molecular formula is C18H29N3O2. The second kappa shape index (κ2) is 6.62. The monoisotopic (exact) mass is 319 g/mol. The molecule has 1 saturated carbocycles. The molecule has 2 aliphatic carbocycles. The predicted octanol–water partition coefficient (Wildman–Crippen LogP) is 3.19. The molecule has 23 heavy (non-hydrogen) atoms. The van der Waals surface area contributed by atoms with Gasteiger partial charge in [0.15, 0.2) is 0 Å². The van der Waals surface area contributed by atoms with E-state index in [0.29, 0.717) is 42.7 Å². The summed E-state index contributed by atoms with van der Waals surface area (Å²) in [5, 5.41) is 8.72. The topological polar surface area (TPSA) is 57.0 Å². The van der Waals surface area contributed by atoms with Gasteiger partial charge in [0, 0.05) is 12.5 Å². The highest BCUT2D eigenvalue weighted by Gasteiger charge is 2.50. The Morgan fingerprint density at radius 1 is 1.22 bits per heavy atom. The van der Waals surface area contributed by atoms with E-state index in [2.05, 4.69) is 42.7 Å². The van der Waals surface area contributed by atoms with Crippen LogP contribution in [0.1, 0.15) is 64.4 Å². The molecular weight excluding hydrogens is 290 g/mol. The van der Waals surface area contributed by atoms with Crippen LogP contribution in [-0.4, -0.2) is 27.6 Å². The zero-order valence-corrected chi connectivity index (χ0v) is 14.8. The second-order valence-corrected chi connectivity index (χ2v) is 7.87. The van der Waals surface area contributed by atoms with E-state index in [-0.39, 0.29) is 5.97 Å². The number of carbonyl (C=O) groups is 1. The Labute approximate surface area is 138 Å². The molecule has 128 valence electrons. The van der Waals surface area contributed by atoms with Crippen molar-refractivity contribution in [1.82, 2.24) is 15.0 Å². The molecule has 1 heterocycles. The van der Waals surface area contributed by atoms with Gasteiger partial charge in [-0.25, -0.2) is 4.68 Å². The van der Waals surface area contributed by atoms with Crippen molar-refractivity contribution < 1.29 is 9.53 Å². The van der Waals surface area contributed by atoms with Gasteiger partial charge in [-0.15, -0.1) is 5.10 Å². The van der Waals surface area contributed by atoms with Crippen LogP contribution in [0.3, 0.4) is 0 Å². The normalized spacial score (nSPS) is 26.4. The molecule has 1 fully saturated rings. The molecule has 3 rings (SSSR count). The zero-order chi connectivity index (χ0) is 16.6. The summed E-state index contributed by atoms with van der Waals surface area (Å²) >= 11 is 0. The smallest absolute Gasteiger partial charge is 0.306 e. The van der Waals surface area contributed by atoms with Crippen LogP contribution in [0.4, 0.5) is 0 Å². The quantitative estimate of drug-likeness (QED) is 0.782. The maximum absolute atomic E-state index is 11.7. The van der Waals surface area contributed by atoms with E-state index >= 15 is 0 Å². The highest BCUT2D eigenvalue weighted by atomic mass is 16.5. The van der Waals surface area contributed by atoms with Crippen molar-refractivity contribution in [2.45, 2.75) is 65.8 Å². The minimum atomic E-state index is -0.0420. The Morgan fingerprint density at radius 3 is 2.57 bits per heavy atom. The van der Waals surface area contributed by atoms with Gasteiger partial charge in [0.05, 0.1) is 18.0 Å². The lowest BCUT2D eigenvalue weighted by atomic mass is 10.0. The number of aryl methyl sites for hydroxylation is 1. The first-order chi connectivity index (χ1) is 11.0. The molecule has 0 aromatic carbocycles. The van der Waals surface area contributed by atoms with E-state index in [1.807, 2.05) is 0 Å². The third-order valence-corrected chi connectivity index (χ3v) is 5.31. The molecule has 1 unspecified atom stereocenters. The number of esters is 1. The van der Waals surface area contributed by atoms with Crippen molar-refractivity contribution in [3.8, 4) is 0 Å². The summed E-state index contributed by atoms with van der Waals surface area (Å²) in [6.07, 6.45) is 4.92. The fraction of sp³-hybridized carbons (Fsp3) is 0.833. The van der Waals surface area contributed by atoms with E-state index < -0.39 is 0 Å². The van der Waals surface area contributed by atoms with Crippen LogP contribution >= 0.6 is 0 Å². The average Bonchev–Trinajstić information content (AvgIpc) is 2.93. The van der Waals surface area contributed by atoms with Gasteiger partial charge in [0.1, 0.15) is 0 Å². The van der Waals surface area contributed by atoms with Gasteiger partial charge in [-0.05, 0) is 63.2 Å². The number of aromatic nitrogens is 3. The second-order valence-electron chi connectivity index (χ2n) is 7.87. The lowest BCUT2D eigenvalue weighted by molar-refractivity contribution is -0.145. The van der Waals surface area contributed by atoms with Crippen molar-refractivity contribution in [2.24, 2.45) is 23.7 Å². The van der Waals surface area contributed by atoms with Gasteiger partial charge in [-0.3, -0.25) is 4.79 Å². The first kappa shape index (κ1) is 16.5. The van der Waals surface area contributed by atoms with Crippen molar-refractivity contribution in [1.29, 1.82) is 0 Å². The standard InChI is InChI=1S/C18H29N3O2/c1-11(2)9-18(22)23-10-15-13-5-7-16-17(8-6-14(13)15)21(12(3)4)20-19-16/h11-15H,5-10H2,1-4H3/t13-,14+,15?/m0/s1. The summed E-state index contributed by atoms with van der Waals surface area (Å²) in [6.45, 7) is 9.03. The van der Waals surface area contributed by atoms with E-state index in [1.165, 1.54) is 17.8 Å². The molecule has 0 amide bonds. The lowest BCUT2D eigenvalue weighted by Gasteiger charge is -2.12. The maximum atomic E-state index is 11.7. The van der Waals surface area contributed by atoms with Crippen LogP contribution < -0.4 is 0 Å². The molecule has 1 aromatic heterocycles. The van der Waals surface area contributed by atoms with E-state index in [0.717, 1.165) is 19.3 Å². The maximum Gasteiger partial charge on any atom is 0.306 e. The molecule has 0 aliphatic heterocycles. The number of fused-ring (bicyclic) bond motifs is 2. The molecule has 0 radical (unpaired) electrons. The fourth-order valence-corrected chi connectivity index (χ4v) is 4.03. The summed E-state index contributed by atoms with van der Waals surface area (Å²) in [7, 11) is 0. The van der Waals surface area contributed by atoms with E-state index in [4.69, 9.17) is 4.74 Å². The Hall–Kier alpha value is -1.39. The van der Waals surface area contributed by atoms with E-state index in [1.54, 1.807) is 0 Å². The molecule has 3 atom stereocenters. The zero-order valence-electron chi connectivity index (χ0n) is 14.8. The first-order valence-corrected chi connectivity index (χ1v) is 9.06. The predicted molar refractivity (Wildman–Crippen MR) is 87.9 cm³/mol. The van der Waals surface area contributed by atoms with Gasteiger partial charge >= 0.3 is 5.97 Å². The van der Waals surface area contributed by atoms with Crippen LogP contribution in [0, 0.1) is 23.7 Å². The highest BCUT2D eigenvalue weighted by Crippen LogP contribution is 2.53. The largest absolute Gasteiger partial charge is 0.465 e. The van der Waals surface area contributed by atoms with Gasteiger partial charge in [0.2, 0.25) is 0 Å². The Bertz CT molecular complexity index is 565. The number of nitrogens with zero attached hydrogens (tertiary/aromatic N) is 3. The number of rotatable bonds is 5. The minimum absolute atomic E-state index is 0.0420. The number of hydrogen-bond acceptors (Lipinski definition) is 4. The third-order valence-electron chi connectivity index (χ3n) is 5.31. The molecule has 0 saturated heterocycles. The van der Waals surface area contributed by atoms with Crippen molar-refractivity contribution in [2.75, 3.05) is 6.61 Å². The molecule has 2 aliphatic rings.